The zero-order valence-electron chi connectivity index (χ0n) is 23.7. The second-order valence-corrected chi connectivity index (χ2v) is 9.59. The standard InChI is InChI=1S/C31H30N6O6/c1-3-42-30-27(28(39)29(30)40)33-24-16-22(15-23(17-24)31-34-36-37-35-31)21-8-4-19(5-9-21)14-26(38)32-18-20-6-10-25(11-7-20)43-13-12-41-2/h4-11,15-17,33H,3,12-14,18H2,1-2H3,(H,32,38)(H,34,35,36,37). The highest BCUT2D eigenvalue weighted by atomic mass is 16.5. The maximum absolute atomic E-state index is 12.6. The zero-order valence-corrected chi connectivity index (χ0v) is 23.7. The van der Waals surface area contributed by atoms with Crippen molar-refractivity contribution in [1.82, 2.24) is 25.9 Å². The number of carbonyl (C=O) groups excluding carboxylic acids is 1. The lowest BCUT2D eigenvalue weighted by molar-refractivity contribution is -0.120. The van der Waals surface area contributed by atoms with Gasteiger partial charge in [0.15, 0.2) is 5.75 Å². The average Bonchev–Trinajstić information content (AvgIpc) is 3.58. The second-order valence-electron chi connectivity index (χ2n) is 9.59. The summed E-state index contributed by atoms with van der Waals surface area (Å²) in [5.74, 6) is 1.03. The summed E-state index contributed by atoms with van der Waals surface area (Å²) >= 11 is 0. The monoisotopic (exact) mass is 582 g/mol. The van der Waals surface area contributed by atoms with Gasteiger partial charge in [0.2, 0.25) is 11.7 Å². The number of nitrogens with one attached hydrogen (secondary N) is 3. The molecule has 4 aromatic carbocycles. The van der Waals surface area contributed by atoms with Gasteiger partial charge in [0, 0.05) is 24.9 Å². The van der Waals surface area contributed by atoms with E-state index in [1.807, 2.05) is 60.7 Å². The van der Waals surface area contributed by atoms with E-state index in [0.29, 0.717) is 36.8 Å². The second kappa shape index (κ2) is 13.5. The number of amides is 1. The Kier molecular flexibility index (Phi) is 9.17. The summed E-state index contributed by atoms with van der Waals surface area (Å²) in [7, 11) is 1.62. The molecule has 0 aliphatic heterocycles. The van der Waals surface area contributed by atoms with Crippen LogP contribution in [0.5, 0.6) is 11.5 Å². The van der Waals surface area contributed by atoms with Gasteiger partial charge in [-0.1, -0.05) is 36.4 Å². The fourth-order valence-electron chi connectivity index (χ4n) is 4.40. The minimum Gasteiger partial charge on any atom is -0.491 e. The molecule has 0 atom stereocenters. The maximum Gasteiger partial charge on any atom is 0.272 e. The summed E-state index contributed by atoms with van der Waals surface area (Å²) in [6, 6.07) is 20.6. The first-order chi connectivity index (χ1) is 20.9. The Balaban J connectivity index is 1.26. The number of aromatic amines is 1. The smallest absolute Gasteiger partial charge is 0.272 e. The van der Waals surface area contributed by atoms with Crippen molar-refractivity contribution in [3.05, 3.63) is 98.3 Å². The molecule has 1 aromatic heterocycles. The molecule has 0 saturated carbocycles. The fourth-order valence-corrected chi connectivity index (χ4v) is 4.40. The van der Waals surface area contributed by atoms with Crippen LogP contribution in [0.3, 0.4) is 0 Å². The third kappa shape index (κ3) is 7.11. The summed E-state index contributed by atoms with van der Waals surface area (Å²) in [5, 5.41) is 20.2. The molecule has 5 rings (SSSR count). The largest absolute Gasteiger partial charge is 0.491 e. The molecule has 1 amide bonds. The molecule has 0 aliphatic carbocycles. The topological polar surface area (TPSA) is 157 Å². The van der Waals surface area contributed by atoms with Crippen molar-refractivity contribution in [3.63, 3.8) is 0 Å². The first-order valence-electron chi connectivity index (χ1n) is 13.6. The van der Waals surface area contributed by atoms with E-state index >= 15 is 0 Å². The number of anilines is 2. The number of hydrogen-bond acceptors (Lipinski definition) is 10. The van der Waals surface area contributed by atoms with E-state index < -0.39 is 10.9 Å². The van der Waals surface area contributed by atoms with Gasteiger partial charge in [-0.15, -0.1) is 10.2 Å². The number of rotatable bonds is 14. The molecule has 12 nitrogen and oxygen atoms in total. The molecule has 0 radical (unpaired) electrons. The summed E-state index contributed by atoms with van der Waals surface area (Å²) < 4.78 is 15.9. The van der Waals surface area contributed by atoms with Crippen LogP contribution in [0, 0.1) is 0 Å². The van der Waals surface area contributed by atoms with Gasteiger partial charge in [0.1, 0.15) is 18.0 Å². The summed E-state index contributed by atoms with van der Waals surface area (Å²) in [4.78, 5) is 36.7. The van der Waals surface area contributed by atoms with E-state index in [4.69, 9.17) is 14.2 Å². The van der Waals surface area contributed by atoms with Gasteiger partial charge in [-0.05, 0) is 64.7 Å². The lowest BCUT2D eigenvalue weighted by Crippen LogP contribution is -2.35. The van der Waals surface area contributed by atoms with Crippen LogP contribution in [0.25, 0.3) is 22.5 Å². The van der Waals surface area contributed by atoms with Gasteiger partial charge >= 0.3 is 0 Å². The summed E-state index contributed by atoms with van der Waals surface area (Å²) in [5.41, 5.74) is 3.48. The minimum absolute atomic E-state index is 0.0191. The predicted octanol–water partition coefficient (Wildman–Crippen LogP) is 3.16. The van der Waals surface area contributed by atoms with Crippen molar-refractivity contribution in [3.8, 4) is 34.0 Å². The van der Waals surface area contributed by atoms with Gasteiger partial charge < -0.3 is 24.8 Å². The number of nitrogens with zero attached hydrogens (tertiary/aromatic N) is 3. The Bertz CT molecular complexity index is 1740. The molecule has 3 N–H and O–H groups in total. The van der Waals surface area contributed by atoms with Gasteiger partial charge in [-0.2, -0.15) is 5.21 Å². The number of hydrogen-bond donors (Lipinski definition) is 3. The summed E-state index contributed by atoms with van der Waals surface area (Å²) in [6.45, 7) is 3.40. The SMILES string of the molecule is CCOc1c(Nc2cc(-c3ccc(CC(=O)NCc4ccc(OCCOC)cc4)cc3)cc(-c3nn[nH]n3)c2)c(=O)c1=O. The van der Waals surface area contributed by atoms with Crippen molar-refractivity contribution in [2.75, 3.05) is 32.2 Å². The van der Waals surface area contributed by atoms with E-state index in [0.717, 1.165) is 28.0 Å². The molecular formula is C31H30N6O6. The molecule has 5 aromatic rings. The highest BCUT2D eigenvalue weighted by Gasteiger charge is 2.23. The van der Waals surface area contributed by atoms with E-state index in [-0.39, 0.29) is 30.4 Å². The number of H-pyrrole nitrogens is 1. The zero-order chi connectivity index (χ0) is 30.2. The van der Waals surface area contributed by atoms with Crippen LogP contribution in [0.4, 0.5) is 11.4 Å². The van der Waals surface area contributed by atoms with Crippen molar-refractivity contribution >= 4 is 17.3 Å². The predicted molar refractivity (Wildman–Crippen MR) is 160 cm³/mol. The van der Waals surface area contributed by atoms with Gasteiger partial charge in [0.25, 0.3) is 10.9 Å². The molecular weight excluding hydrogens is 552 g/mol. The molecule has 0 saturated heterocycles. The highest BCUT2D eigenvalue weighted by molar-refractivity contribution is 5.81. The lowest BCUT2D eigenvalue weighted by Gasteiger charge is -2.15. The summed E-state index contributed by atoms with van der Waals surface area (Å²) in [6.07, 6.45) is 0.221. The van der Waals surface area contributed by atoms with Crippen LogP contribution in [0.15, 0.2) is 76.3 Å². The van der Waals surface area contributed by atoms with Crippen molar-refractivity contribution in [1.29, 1.82) is 0 Å². The molecule has 0 aliphatic rings. The molecule has 0 unspecified atom stereocenters. The first-order valence-corrected chi connectivity index (χ1v) is 13.6. The lowest BCUT2D eigenvalue weighted by atomic mass is 9.99. The Labute approximate surface area is 246 Å². The van der Waals surface area contributed by atoms with Crippen LogP contribution in [0.1, 0.15) is 18.1 Å². The van der Waals surface area contributed by atoms with E-state index in [1.54, 1.807) is 20.1 Å². The Morgan fingerprint density at radius 2 is 1.60 bits per heavy atom. The van der Waals surface area contributed by atoms with Crippen LogP contribution in [-0.2, 0) is 22.5 Å². The molecule has 43 heavy (non-hydrogen) atoms. The van der Waals surface area contributed by atoms with Crippen molar-refractivity contribution in [2.45, 2.75) is 19.9 Å². The Hall–Kier alpha value is -5.36. The third-order valence-electron chi connectivity index (χ3n) is 6.58. The number of ether oxygens (including phenoxy) is 3. The number of aromatic nitrogens is 4. The first kappa shape index (κ1) is 29.1. The molecule has 12 heteroatoms. The Morgan fingerprint density at radius 1 is 0.860 bits per heavy atom. The fraction of sp³-hybridized carbons (Fsp3) is 0.226. The number of methoxy groups -OCH3 is 1. The molecule has 0 bridgehead atoms. The quantitative estimate of drug-likeness (QED) is 0.131. The van der Waals surface area contributed by atoms with Crippen LogP contribution in [0.2, 0.25) is 0 Å². The average molecular weight is 583 g/mol. The van der Waals surface area contributed by atoms with Crippen molar-refractivity contribution < 1.29 is 19.0 Å². The van der Waals surface area contributed by atoms with Gasteiger partial charge in [-0.25, -0.2) is 0 Å². The molecule has 1 heterocycles. The number of benzene rings is 3. The van der Waals surface area contributed by atoms with E-state index in [9.17, 15) is 14.4 Å². The van der Waals surface area contributed by atoms with E-state index in [2.05, 4.69) is 31.3 Å². The Morgan fingerprint density at radius 3 is 2.30 bits per heavy atom. The van der Waals surface area contributed by atoms with Crippen LogP contribution < -0.4 is 31.0 Å². The molecule has 0 spiro atoms. The van der Waals surface area contributed by atoms with E-state index in [1.165, 1.54) is 0 Å². The van der Waals surface area contributed by atoms with Gasteiger partial charge in [0.05, 0.1) is 19.6 Å². The molecule has 220 valence electrons. The number of tetrazole rings is 1. The van der Waals surface area contributed by atoms with Gasteiger partial charge in [-0.3, -0.25) is 14.4 Å². The van der Waals surface area contributed by atoms with Crippen molar-refractivity contribution in [2.24, 2.45) is 0 Å². The molecule has 0 fully saturated rings. The maximum atomic E-state index is 12.6. The third-order valence-corrected chi connectivity index (χ3v) is 6.58. The van der Waals surface area contributed by atoms with Crippen LogP contribution in [-0.4, -0.2) is 53.5 Å². The number of carbonyl (C=O) groups is 1. The normalized spacial score (nSPS) is 10.9. The minimum atomic E-state index is -0.653. The highest BCUT2D eigenvalue weighted by Crippen LogP contribution is 2.32. The van der Waals surface area contributed by atoms with Crippen LogP contribution >= 0.6 is 0 Å².